The Morgan fingerprint density at radius 1 is 1.03 bits per heavy atom. The molecule has 1 heterocycles. The summed E-state index contributed by atoms with van der Waals surface area (Å²) in [5, 5.41) is 9.56. The van der Waals surface area contributed by atoms with Crippen LogP contribution >= 0.6 is 11.6 Å². The second-order valence-electron chi connectivity index (χ2n) is 8.08. The summed E-state index contributed by atoms with van der Waals surface area (Å²) in [5.74, 6) is -0.235. The second kappa shape index (κ2) is 10.3. The van der Waals surface area contributed by atoms with E-state index in [1.807, 2.05) is 24.3 Å². The highest BCUT2D eigenvalue weighted by atomic mass is 35.5. The van der Waals surface area contributed by atoms with Gasteiger partial charge in [-0.05, 0) is 23.1 Å². The number of hydrogen-bond acceptors (Lipinski definition) is 6. The van der Waals surface area contributed by atoms with Gasteiger partial charge in [0.05, 0.1) is 5.02 Å². The van der Waals surface area contributed by atoms with E-state index >= 15 is 0 Å². The number of ether oxygens (including phenoxy) is 1. The van der Waals surface area contributed by atoms with Crippen molar-refractivity contribution in [1.82, 2.24) is 20.8 Å². The van der Waals surface area contributed by atoms with E-state index in [-0.39, 0.29) is 36.9 Å². The molecule has 0 aliphatic heterocycles. The maximum atomic E-state index is 12.2. The molecule has 2 aromatic carbocycles. The molecule has 0 fully saturated rings. The van der Waals surface area contributed by atoms with Crippen molar-refractivity contribution in [3.05, 3.63) is 65.0 Å². The zero-order chi connectivity index (χ0) is 23.1. The predicted octanol–water partition coefficient (Wildman–Crippen LogP) is 3.61. The highest BCUT2D eigenvalue weighted by molar-refractivity contribution is 6.32. The van der Waals surface area contributed by atoms with Crippen LogP contribution in [0.25, 0.3) is 11.4 Å². The molecule has 1 aromatic heterocycles. The Balaban J connectivity index is 1.42. The molecular weight excluding hydrogens is 432 g/mol. The Kier molecular flexibility index (Phi) is 7.48. The van der Waals surface area contributed by atoms with Crippen molar-refractivity contribution >= 4 is 23.4 Å². The lowest BCUT2D eigenvalue weighted by Crippen LogP contribution is -2.36. The van der Waals surface area contributed by atoms with E-state index in [9.17, 15) is 9.59 Å². The van der Waals surface area contributed by atoms with Crippen LogP contribution in [0.2, 0.25) is 5.02 Å². The Hall–Kier alpha value is -3.39. The standard InChI is InChI=1S/C23H25ClN4O4/c1-23(2,3)16-10-8-15(9-11-16)20-27-22(32-28-20)21(30)26-13-12-25-19(29)14-31-18-7-5-4-6-17(18)24/h4-11H,12-14H2,1-3H3,(H,25,29)(H,26,30). The third kappa shape index (κ3) is 6.31. The molecular formula is C23H25ClN4O4. The number of hydrogen-bond donors (Lipinski definition) is 2. The van der Waals surface area contributed by atoms with E-state index in [2.05, 4.69) is 41.5 Å². The van der Waals surface area contributed by atoms with Crippen molar-refractivity contribution in [3.8, 4) is 17.1 Å². The van der Waals surface area contributed by atoms with Gasteiger partial charge < -0.3 is 19.9 Å². The highest BCUT2D eigenvalue weighted by Crippen LogP contribution is 2.25. The molecule has 3 aromatic rings. The predicted molar refractivity (Wildman–Crippen MR) is 121 cm³/mol. The molecule has 0 saturated carbocycles. The summed E-state index contributed by atoms with van der Waals surface area (Å²) in [4.78, 5) is 28.2. The molecule has 32 heavy (non-hydrogen) atoms. The molecule has 2 amide bonds. The lowest BCUT2D eigenvalue weighted by atomic mass is 9.87. The van der Waals surface area contributed by atoms with Crippen molar-refractivity contribution in [2.24, 2.45) is 0 Å². The first kappa shape index (κ1) is 23.3. The van der Waals surface area contributed by atoms with Gasteiger partial charge in [-0.15, -0.1) is 0 Å². The Labute approximate surface area is 191 Å². The lowest BCUT2D eigenvalue weighted by molar-refractivity contribution is -0.123. The van der Waals surface area contributed by atoms with E-state index in [1.165, 1.54) is 5.56 Å². The largest absolute Gasteiger partial charge is 0.482 e. The quantitative estimate of drug-likeness (QED) is 0.501. The van der Waals surface area contributed by atoms with Crippen molar-refractivity contribution in [2.45, 2.75) is 26.2 Å². The minimum atomic E-state index is -0.517. The number of halogens is 1. The number of rotatable bonds is 8. The van der Waals surface area contributed by atoms with Crippen LogP contribution in [-0.4, -0.2) is 41.7 Å². The van der Waals surface area contributed by atoms with Crippen LogP contribution in [0.1, 0.15) is 37.0 Å². The number of nitrogens with one attached hydrogen (secondary N) is 2. The summed E-state index contributed by atoms with van der Waals surface area (Å²) in [5.41, 5.74) is 1.98. The van der Waals surface area contributed by atoms with Crippen molar-refractivity contribution < 1.29 is 18.8 Å². The average molecular weight is 457 g/mol. The van der Waals surface area contributed by atoms with Gasteiger partial charge in [0, 0.05) is 18.7 Å². The summed E-state index contributed by atoms with van der Waals surface area (Å²) in [6.07, 6.45) is 0. The molecule has 0 atom stereocenters. The first-order chi connectivity index (χ1) is 15.2. The van der Waals surface area contributed by atoms with Crippen LogP contribution in [0.15, 0.2) is 53.1 Å². The first-order valence-corrected chi connectivity index (χ1v) is 10.5. The van der Waals surface area contributed by atoms with Gasteiger partial charge in [-0.1, -0.05) is 73.9 Å². The van der Waals surface area contributed by atoms with Crippen molar-refractivity contribution in [1.29, 1.82) is 0 Å². The topological polar surface area (TPSA) is 106 Å². The van der Waals surface area contributed by atoms with Gasteiger partial charge in [-0.2, -0.15) is 4.98 Å². The third-order valence-electron chi connectivity index (χ3n) is 4.56. The molecule has 8 nitrogen and oxygen atoms in total. The van der Waals surface area contributed by atoms with Crippen LogP contribution in [0.4, 0.5) is 0 Å². The van der Waals surface area contributed by atoms with E-state index in [4.69, 9.17) is 20.9 Å². The van der Waals surface area contributed by atoms with Crippen LogP contribution in [-0.2, 0) is 10.2 Å². The number of nitrogens with zero attached hydrogens (tertiary/aromatic N) is 2. The monoisotopic (exact) mass is 456 g/mol. The van der Waals surface area contributed by atoms with Crippen LogP contribution in [0.5, 0.6) is 5.75 Å². The van der Waals surface area contributed by atoms with Gasteiger partial charge in [-0.3, -0.25) is 9.59 Å². The minimum Gasteiger partial charge on any atom is -0.482 e. The van der Waals surface area contributed by atoms with Crippen LogP contribution < -0.4 is 15.4 Å². The smallest absolute Gasteiger partial charge is 0.316 e. The van der Waals surface area contributed by atoms with Gasteiger partial charge in [0.1, 0.15) is 5.75 Å². The van der Waals surface area contributed by atoms with Crippen molar-refractivity contribution in [2.75, 3.05) is 19.7 Å². The fraction of sp³-hybridized carbons (Fsp3) is 0.304. The Morgan fingerprint density at radius 3 is 2.41 bits per heavy atom. The fourth-order valence-electron chi connectivity index (χ4n) is 2.76. The Morgan fingerprint density at radius 2 is 1.72 bits per heavy atom. The van der Waals surface area contributed by atoms with E-state index in [1.54, 1.807) is 24.3 Å². The number of amides is 2. The van der Waals surface area contributed by atoms with E-state index in [0.717, 1.165) is 5.56 Å². The summed E-state index contributed by atoms with van der Waals surface area (Å²) >= 11 is 5.97. The zero-order valence-electron chi connectivity index (χ0n) is 18.1. The average Bonchev–Trinajstić information content (AvgIpc) is 3.26. The number of carbonyl (C=O) groups is 2. The molecule has 9 heteroatoms. The lowest BCUT2D eigenvalue weighted by Gasteiger charge is -2.18. The second-order valence-corrected chi connectivity index (χ2v) is 8.48. The molecule has 0 aliphatic rings. The number of benzene rings is 2. The fourth-order valence-corrected chi connectivity index (χ4v) is 2.95. The number of carbonyl (C=O) groups excluding carboxylic acids is 2. The summed E-state index contributed by atoms with van der Waals surface area (Å²) in [6, 6.07) is 14.7. The summed E-state index contributed by atoms with van der Waals surface area (Å²) < 4.78 is 10.4. The first-order valence-electron chi connectivity index (χ1n) is 10.1. The van der Waals surface area contributed by atoms with Gasteiger partial charge in [0.15, 0.2) is 6.61 Å². The molecule has 3 rings (SSSR count). The van der Waals surface area contributed by atoms with Gasteiger partial charge in [0.25, 0.3) is 5.91 Å². The van der Waals surface area contributed by atoms with Gasteiger partial charge in [-0.25, -0.2) is 0 Å². The molecule has 0 radical (unpaired) electrons. The number of para-hydroxylation sites is 1. The molecule has 0 unspecified atom stereocenters. The van der Waals surface area contributed by atoms with E-state index < -0.39 is 5.91 Å². The minimum absolute atomic E-state index is 0.0387. The third-order valence-corrected chi connectivity index (χ3v) is 4.87. The maximum absolute atomic E-state index is 12.2. The maximum Gasteiger partial charge on any atom is 0.316 e. The normalized spacial score (nSPS) is 11.1. The van der Waals surface area contributed by atoms with E-state index in [0.29, 0.717) is 16.6 Å². The zero-order valence-corrected chi connectivity index (χ0v) is 18.9. The molecule has 0 saturated heterocycles. The van der Waals surface area contributed by atoms with Gasteiger partial charge >= 0.3 is 11.8 Å². The van der Waals surface area contributed by atoms with Gasteiger partial charge in [0.2, 0.25) is 5.82 Å². The SMILES string of the molecule is CC(C)(C)c1ccc(-c2noc(C(=O)NCCNC(=O)COc3ccccc3Cl)n2)cc1. The summed E-state index contributed by atoms with van der Waals surface area (Å²) in [7, 11) is 0. The molecule has 0 aliphatic carbocycles. The molecule has 2 N–H and O–H groups in total. The highest BCUT2D eigenvalue weighted by Gasteiger charge is 2.17. The Bertz CT molecular complexity index is 1070. The summed E-state index contributed by atoms with van der Waals surface area (Å²) in [6.45, 7) is 6.62. The van der Waals surface area contributed by atoms with Crippen LogP contribution in [0.3, 0.4) is 0 Å². The molecule has 0 spiro atoms. The molecule has 0 bridgehead atoms. The number of aromatic nitrogens is 2. The molecule has 168 valence electrons. The van der Waals surface area contributed by atoms with Crippen LogP contribution in [0, 0.1) is 0 Å². The van der Waals surface area contributed by atoms with Crippen molar-refractivity contribution in [3.63, 3.8) is 0 Å².